The second-order valence-electron chi connectivity index (χ2n) is 5.85. The highest BCUT2D eigenvalue weighted by Crippen LogP contribution is 2.26. The van der Waals surface area contributed by atoms with Gasteiger partial charge in [0, 0.05) is 4.91 Å². The van der Waals surface area contributed by atoms with Gasteiger partial charge in [-0.15, -0.1) is 0 Å². The summed E-state index contributed by atoms with van der Waals surface area (Å²) in [5, 5.41) is 10.4. The molecule has 1 aromatic heterocycles. The van der Waals surface area contributed by atoms with E-state index < -0.39 is 0 Å². The summed E-state index contributed by atoms with van der Waals surface area (Å²) in [6.45, 7) is 5.30. The molecule has 0 aliphatic heterocycles. The van der Waals surface area contributed by atoms with Gasteiger partial charge in [0.2, 0.25) is 0 Å². The maximum atomic E-state index is 13.2. The van der Waals surface area contributed by atoms with E-state index in [0.29, 0.717) is 33.9 Å². The normalized spacial score (nSPS) is 10.8. The Morgan fingerprint density at radius 1 is 0.833 bits per heavy atom. The van der Waals surface area contributed by atoms with E-state index in [0.717, 1.165) is 14.7 Å². The van der Waals surface area contributed by atoms with Gasteiger partial charge in [-0.05, 0) is 57.2 Å². The summed E-state index contributed by atoms with van der Waals surface area (Å²) in [6.07, 6.45) is 0. The molecule has 0 spiro atoms. The Bertz CT molecular complexity index is 883. The van der Waals surface area contributed by atoms with Crippen molar-refractivity contribution in [2.45, 2.75) is 20.8 Å². The number of hydrogen-bond donors (Lipinski definition) is 1. The molecule has 0 unspecified atom stereocenters. The van der Waals surface area contributed by atoms with E-state index in [2.05, 4.69) is 0 Å². The lowest BCUT2D eigenvalue weighted by Crippen LogP contribution is -2.28. The first-order valence-electron chi connectivity index (χ1n) is 7.61. The molecule has 0 atom stereocenters. The highest BCUT2D eigenvalue weighted by Gasteiger charge is 2.28. The minimum absolute atomic E-state index is 0.290. The van der Waals surface area contributed by atoms with Gasteiger partial charge in [0.05, 0.1) is 15.6 Å². The molecular formula is C19H18FN2O2+. The quantitative estimate of drug-likeness (QED) is 0.571. The molecule has 24 heavy (non-hydrogen) atoms. The van der Waals surface area contributed by atoms with Crippen LogP contribution in [0.2, 0.25) is 0 Å². The molecule has 1 N–H and O–H groups in total. The van der Waals surface area contributed by atoms with Crippen LogP contribution in [-0.2, 0) is 0 Å². The first kappa shape index (κ1) is 15.9. The Labute approximate surface area is 139 Å². The van der Waals surface area contributed by atoms with E-state index in [1.165, 1.54) is 24.3 Å². The van der Waals surface area contributed by atoms with Crippen LogP contribution in [0.5, 0.6) is 0 Å². The minimum atomic E-state index is -0.378. The second kappa shape index (κ2) is 5.92. The molecular weight excluding hydrogens is 307 g/mol. The summed E-state index contributed by atoms with van der Waals surface area (Å²) in [5.74, 6) is -0.378. The predicted octanol–water partition coefficient (Wildman–Crippen LogP) is 4.04. The zero-order chi connectivity index (χ0) is 17.4. The Morgan fingerprint density at radius 3 is 1.71 bits per heavy atom. The predicted molar refractivity (Wildman–Crippen MR) is 90.0 cm³/mol. The Balaban J connectivity index is 2.34. The number of aryl methyl sites for hydroxylation is 1. The van der Waals surface area contributed by atoms with Crippen LogP contribution in [0.4, 0.5) is 4.39 Å². The lowest BCUT2D eigenvalue weighted by molar-refractivity contribution is -0.472. The van der Waals surface area contributed by atoms with Crippen LogP contribution in [0.25, 0.3) is 22.5 Å². The van der Waals surface area contributed by atoms with Gasteiger partial charge in [0.25, 0.3) is 11.4 Å². The van der Waals surface area contributed by atoms with Gasteiger partial charge >= 0.3 is 0 Å². The van der Waals surface area contributed by atoms with Gasteiger partial charge in [0.1, 0.15) is 17.2 Å². The fourth-order valence-electron chi connectivity index (χ4n) is 2.83. The number of hydrogen-bond acceptors (Lipinski definition) is 2. The molecule has 0 bridgehead atoms. The summed E-state index contributed by atoms with van der Waals surface area (Å²) in [7, 11) is 0. The second-order valence-corrected chi connectivity index (χ2v) is 5.85. The first-order valence-corrected chi connectivity index (χ1v) is 7.61. The Morgan fingerprint density at radius 2 is 1.25 bits per heavy atom. The minimum Gasteiger partial charge on any atom is -0.428 e. The standard InChI is InChI=1S/C19H18FN2O2/c1-12-4-6-15(7-5-12)18-13(2)21(23)14(3)19(22(18)24)16-8-10-17(20)11-9-16/h4-11,23H,1-3H3/q+1. The van der Waals surface area contributed by atoms with Crippen LogP contribution < -0.4 is 4.43 Å². The topological polar surface area (TPSA) is 48.1 Å². The fraction of sp³-hybridized carbons (Fsp3) is 0.158. The Kier molecular flexibility index (Phi) is 3.93. The summed E-state index contributed by atoms with van der Waals surface area (Å²) < 4.78 is 15.0. The first-order chi connectivity index (χ1) is 11.4. The molecule has 0 radical (unpaired) electrons. The van der Waals surface area contributed by atoms with Crippen molar-refractivity contribution in [3.8, 4) is 22.5 Å². The highest BCUT2D eigenvalue weighted by atomic mass is 19.1. The molecule has 0 aliphatic carbocycles. The number of nitrogens with zero attached hydrogens (tertiary/aromatic N) is 2. The third-order valence-corrected chi connectivity index (χ3v) is 4.17. The number of halogens is 1. The molecule has 3 aromatic rings. The van der Waals surface area contributed by atoms with Crippen LogP contribution in [0, 0.1) is 31.5 Å². The summed E-state index contributed by atoms with van der Waals surface area (Å²) in [5.41, 5.74) is 3.82. The van der Waals surface area contributed by atoms with Crippen molar-refractivity contribution in [3.05, 3.63) is 76.2 Å². The highest BCUT2D eigenvalue weighted by molar-refractivity contribution is 5.64. The third kappa shape index (κ3) is 2.58. The molecule has 1 heterocycles. The van der Waals surface area contributed by atoms with E-state index in [1.54, 1.807) is 13.8 Å². The van der Waals surface area contributed by atoms with Gasteiger partial charge in [-0.2, -0.15) is 4.73 Å². The van der Waals surface area contributed by atoms with E-state index in [-0.39, 0.29) is 5.82 Å². The van der Waals surface area contributed by atoms with Crippen molar-refractivity contribution in [3.63, 3.8) is 0 Å². The van der Waals surface area contributed by atoms with Crippen LogP contribution in [-0.4, -0.2) is 9.94 Å². The molecule has 4 nitrogen and oxygen atoms in total. The average Bonchev–Trinajstić information content (AvgIpc) is 2.56. The lowest BCUT2D eigenvalue weighted by Gasteiger charge is -2.09. The average molecular weight is 325 g/mol. The number of rotatable bonds is 2. The zero-order valence-electron chi connectivity index (χ0n) is 13.7. The van der Waals surface area contributed by atoms with Crippen LogP contribution in [0.15, 0.2) is 48.5 Å². The van der Waals surface area contributed by atoms with E-state index in [9.17, 15) is 14.5 Å². The summed E-state index contributed by atoms with van der Waals surface area (Å²) in [4.78, 5) is 13.0. The molecule has 5 heteroatoms. The van der Waals surface area contributed by atoms with Gasteiger partial charge in [-0.25, -0.2) is 4.39 Å². The van der Waals surface area contributed by atoms with Crippen molar-refractivity contribution in [1.82, 2.24) is 4.73 Å². The SMILES string of the molecule is Cc1ccc(-c2c(C)n(O)c(C)c(-c3ccc(F)cc3)[n+]2=O)cc1. The van der Waals surface area contributed by atoms with Gasteiger partial charge < -0.3 is 5.21 Å². The molecule has 0 amide bonds. The molecule has 122 valence electrons. The lowest BCUT2D eigenvalue weighted by atomic mass is 10.0. The van der Waals surface area contributed by atoms with Crippen molar-refractivity contribution in [1.29, 1.82) is 0 Å². The molecule has 2 aromatic carbocycles. The molecule has 3 rings (SSSR count). The summed E-state index contributed by atoms with van der Waals surface area (Å²) >= 11 is 0. The maximum absolute atomic E-state index is 13.2. The van der Waals surface area contributed by atoms with Gasteiger partial charge in [-0.1, -0.05) is 17.7 Å². The van der Waals surface area contributed by atoms with Crippen molar-refractivity contribution < 1.29 is 14.0 Å². The summed E-state index contributed by atoms with van der Waals surface area (Å²) in [6, 6.07) is 13.2. The number of benzene rings is 2. The largest absolute Gasteiger partial charge is 0.428 e. The van der Waals surface area contributed by atoms with Crippen molar-refractivity contribution >= 4 is 0 Å². The third-order valence-electron chi connectivity index (χ3n) is 4.17. The molecule has 0 saturated carbocycles. The van der Waals surface area contributed by atoms with E-state index in [1.807, 2.05) is 31.2 Å². The maximum Gasteiger partial charge on any atom is 0.293 e. The van der Waals surface area contributed by atoms with Gasteiger partial charge in [0.15, 0.2) is 0 Å². The zero-order valence-corrected chi connectivity index (χ0v) is 13.7. The van der Waals surface area contributed by atoms with Crippen molar-refractivity contribution in [2.75, 3.05) is 0 Å². The monoisotopic (exact) mass is 325 g/mol. The number of aromatic nitrogens is 2. The molecule has 0 saturated heterocycles. The molecule has 0 fully saturated rings. The van der Waals surface area contributed by atoms with Crippen molar-refractivity contribution in [2.24, 2.45) is 0 Å². The van der Waals surface area contributed by atoms with Crippen LogP contribution >= 0.6 is 0 Å². The van der Waals surface area contributed by atoms with Gasteiger partial charge in [-0.3, -0.25) is 0 Å². The smallest absolute Gasteiger partial charge is 0.293 e. The van der Waals surface area contributed by atoms with E-state index >= 15 is 0 Å². The van der Waals surface area contributed by atoms with E-state index in [4.69, 9.17) is 0 Å². The molecule has 0 aliphatic rings. The van der Waals surface area contributed by atoms with Crippen LogP contribution in [0.3, 0.4) is 0 Å². The van der Waals surface area contributed by atoms with Crippen LogP contribution in [0.1, 0.15) is 17.0 Å². The fourth-order valence-corrected chi connectivity index (χ4v) is 2.83. The Hall–Kier alpha value is -2.95.